The molecule has 144 valence electrons. The van der Waals surface area contributed by atoms with Crippen molar-refractivity contribution in [3.05, 3.63) is 33.3 Å². The van der Waals surface area contributed by atoms with E-state index in [4.69, 9.17) is 0 Å². The molecule has 0 aliphatic carbocycles. The van der Waals surface area contributed by atoms with Crippen LogP contribution in [0, 0.1) is 30.9 Å². The molecule has 26 heavy (non-hydrogen) atoms. The molecule has 2 rings (SSSR count). The lowest BCUT2D eigenvalue weighted by atomic mass is 10.4. The highest BCUT2D eigenvalue weighted by atomic mass is 32.2. The quantitative estimate of drug-likeness (QED) is 0.414. The summed E-state index contributed by atoms with van der Waals surface area (Å²) in [5, 5.41) is 18.0. The molecule has 0 bridgehead atoms. The molecular weight excluding hydrogens is 374 g/mol. The molecule has 2 heterocycles. The standard InChI is InChI=1S/C13H18F2N6O4S/c1-8-7-11(21(22)23)18-19(8)6-4-5-16-26(24,25)12-9(2)17-20(10(12)3)13(14)15/h7,13,16H,4-6H2,1-3H3. The van der Waals surface area contributed by atoms with Crippen LogP contribution in [0.4, 0.5) is 14.6 Å². The minimum Gasteiger partial charge on any atom is -0.358 e. The van der Waals surface area contributed by atoms with Gasteiger partial charge in [0.2, 0.25) is 10.0 Å². The summed E-state index contributed by atoms with van der Waals surface area (Å²) in [7, 11) is -4.01. The van der Waals surface area contributed by atoms with Gasteiger partial charge in [-0.1, -0.05) is 0 Å². The van der Waals surface area contributed by atoms with Gasteiger partial charge in [0.15, 0.2) is 0 Å². The number of alkyl halides is 2. The Bertz CT molecular complexity index is 921. The van der Waals surface area contributed by atoms with Crippen LogP contribution in [0.5, 0.6) is 0 Å². The maximum Gasteiger partial charge on any atom is 0.390 e. The van der Waals surface area contributed by atoms with Crippen molar-refractivity contribution in [2.45, 2.75) is 45.2 Å². The summed E-state index contributed by atoms with van der Waals surface area (Å²) in [6, 6.07) is 1.32. The van der Waals surface area contributed by atoms with Crippen molar-refractivity contribution < 1.29 is 22.1 Å². The molecule has 0 aliphatic heterocycles. The number of sulfonamides is 1. The second-order valence-electron chi connectivity index (χ2n) is 5.60. The molecule has 0 unspecified atom stereocenters. The van der Waals surface area contributed by atoms with Gasteiger partial charge in [0.1, 0.15) is 4.90 Å². The summed E-state index contributed by atoms with van der Waals surface area (Å²) in [6.45, 7) is 1.58. The van der Waals surface area contributed by atoms with Crippen LogP contribution >= 0.6 is 0 Å². The smallest absolute Gasteiger partial charge is 0.358 e. The summed E-state index contributed by atoms with van der Waals surface area (Å²) >= 11 is 0. The maximum absolute atomic E-state index is 12.8. The van der Waals surface area contributed by atoms with Crippen LogP contribution in [0.25, 0.3) is 0 Å². The second kappa shape index (κ2) is 7.45. The average molecular weight is 392 g/mol. The van der Waals surface area contributed by atoms with Crippen LogP contribution in [0.15, 0.2) is 11.0 Å². The van der Waals surface area contributed by atoms with Gasteiger partial charge in [-0.2, -0.15) is 18.6 Å². The highest BCUT2D eigenvalue weighted by Crippen LogP contribution is 2.23. The van der Waals surface area contributed by atoms with E-state index in [1.807, 2.05) is 0 Å². The Kier molecular flexibility index (Phi) is 5.71. The molecule has 1 N–H and O–H groups in total. The van der Waals surface area contributed by atoms with Crippen LogP contribution in [0.1, 0.15) is 30.1 Å². The normalized spacial score (nSPS) is 12.1. The summed E-state index contributed by atoms with van der Waals surface area (Å²) < 4.78 is 54.5. The first-order valence-corrected chi connectivity index (χ1v) is 9.05. The number of nitrogens with one attached hydrogen (secondary N) is 1. The predicted molar refractivity (Wildman–Crippen MR) is 86.4 cm³/mol. The van der Waals surface area contributed by atoms with Gasteiger partial charge in [-0.25, -0.2) is 17.8 Å². The Morgan fingerprint density at radius 3 is 2.46 bits per heavy atom. The Morgan fingerprint density at radius 1 is 1.31 bits per heavy atom. The van der Waals surface area contributed by atoms with Gasteiger partial charge < -0.3 is 10.1 Å². The number of nitrogens with zero attached hydrogens (tertiary/aromatic N) is 5. The van der Waals surface area contributed by atoms with E-state index in [-0.39, 0.29) is 35.2 Å². The highest BCUT2D eigenvalue weighted by Gasteiger charge is 2.26. The molecular formula is C13H18F2N6O4S. The minimum absolute atomic E-state index is 0.00810. The van der Waals surface area contributed by atoms with E-state index in [1.54, 1.807) is 6.92 Å². The SMILES string of the molecule is Cc1nn(C(F)F)c(C)c1S(=O)(=O)NCCCn1nc([N+](=O)[O-])cc1C. The molecule has 0 aromatic carbocycles. The number of halogens is 2. The second-order valence-corrected chi connectivity index (χ2v) is 7.30. The van der Waals surface area contributed by atoms with Crippen molar-refractivity contribution in [3.63, 3.8) is 0 Å². The van der Waals surface area contributed by atoms with Gasteiger partial charge in [0.25, 0.3) is 0 Å². The summed E-state index contributed by atoms with van der Waals surface area (Å²) in [6.07, 6.45) is 0.306. The number of rotatable bonds is 8. The lowest BCUT2D eigenvalue weighted by Gasteiger charge is -2.07. The van der Waals surface area contributed by atoms with E-state index in [0.29, 0.717) is 16.8 Å². The maximum atomic E-state index is 12.8. The summed E-state index contributed by atoms with van der Waals surface area (Å²) in [5.74, 6) is -0.284. The van der Waals surface area contributed by atoms with Gasteiger partial charge in [0.05, 0.1) is 34.8 Å². The third-order valence-corrected chi connectivity index (χ3v) is 5.42. The molecule has 0 saturated heterocycles. The Morgan fingerprint density at radius 2 is 1.96 bits per heavy atom. The van der Waals surface area contributed by atoms with E-state index >= 15 is 0 Å². The molecule has 0 spiro atoms. The number of nitro groups is 1. The molecule has 10 nitrogen and oxygen atoms in total. The van der Waals surface area contributed by atoms with E-state index in [0.717, 1.165) is 0 Å². The third kappa shape index (κ3) is 4.04. The fourth-order valence-corrected chi connectivity index (χ4v) is 4.01. The Balaban J connectivity index is 2.02. The van der Waals surface area contributed by atoms with E-state index in [2.05, 4.69) is 14.9 Å². The minimum atomic E-state index is -4.01. The monoisotopic (exact) mass is 392 g/mol. The van der Waals surface area contributed by atoms with Crippen molar-refractivity contribution in [1.29, 1.82) is 0 Å². The molecule has 0 radical (unpaired) electrons. The number of hydrogen-bond acceptors (Lipinski definition) is 6. The van der Waals surface area contributed by atoms with Gasteiger partial charge in [-0.05, 0) is 32.1 Å². The van der Waals surface area contributed by atoms with Gasteiger partial charge in [-0.3, -0.25) is 0 Å². The number of hydrogen-bond donors (Lipinski definition) is 1. The predicted octanol–water partition coefficient (Wildman–Crippen LogP) is 1.68. The van der Waals surface area contributed by atoms with Gasteiger partial charge in [-0.15, -0.1) is 0 Å². The van der Waals surface area contributed by atoms with Crippen LogP contribution in [0.2, 0.25) is 0 Å². The molecule has 13 heteroatoms. The molecule has 2 aromatic heterocycles. The van der Waals surface area contributed by atoms with E-state index < -0.39 is 21.5 Å². The van der Waals surface area contributed by atoms with Gasteiger partial charge >= 0.3 is 12.4 Å². The summed E-state index contributed by atoms with van der Waals surface area (Å²) in [5.41, 5.74) is 0.404. The van der Waals surface area contributed by atoms with Crippen LogP contribution in [0.3, 0.4) is 0 Å². The zero-order chi connectivity index (χ0) is 19.6. The van der Waals surface area contributed by atoms with Crippen molar-refractivity contribution >= 4 is 15.8 Å². The largest absolute Gasteiger partial charge is 0.390 e. The van der Waals surface area contributed by atoms with Crippen molar-refractivity contribution in [1.82, 2.24) is 24.3 Å². The molecule has 0 aliphatic rings. The van der Waals surface area contributed by atoms with E-state index in [1.165, 1.54) is 24.6 Å². The average Bonchev–Trinajstić information content (AvgIpc) is 3.04. The first kappa shape index (κ1) is 19.9. The number of aryl methyl sites for hydroxylation is 3. The lowest BCUT2D eigenvalue weighted by Crippen LogP contribution is -2.26. The lowest BCUT2D eigenvalue weighted by molar-refractivity contribution is -0.389. The van der Waals surface area contributed by atoms with Crippen LogP contribution in [-0.2, 0) is 16.6 Å². The highest BCUT2D eigenvalue weighted by molar-refractivity contribution is 7.89. The fraction of sp³-hybridized carbons (Fsp3) is 0.538. The molecule has 0 fully saturated rings. The van der Waals surface area contributed by atoms with Crippen molar-refractivity contribution in [2.24, 2.45) is 0 Å². The van der Waals surface area contributed by atoms with Crippen LogP contribution < -0.4 is 4.72 Å². The van der Waals surface area contributed by atoms with Gasteiger partial charge in [0, 0.05) is 6.54 Å². The first-order chi connectivity index (χ1) is 12.0. The zero-order valence-corrected chi connectivity index (χ0v) is 15.1. The molecule has 0 saturated carbocycles. The molecule has 0 atom stereocenters. The number of aromatic nitrogens is 4. The molecule has 0 amide bonds. The Labute approximate surface area is 148 Å². The van der Waals surface area contributed by atoms with Crippen LogP contribution in [-0.4, -0.2) is 39.4 Å². The fourth-order valence-electron chi connectivity index (χ4n) is 2.54. The van der Waals surface area contributed by atoms with E-state index in [9.17, 15) is 27.3 Å². The van der Waals surface area contributed by atoms with Crippen molar-refractivity contribution in [2.75, 3.05) is 6.54 Å². The first-order valence-electron chi connectivity index (χ1n) is 7.57. The topological polar surface area (TPSA) is 125 Å². The Hall–Kier alpha value is -2.41. The third-order valence-electron chi connectivity index (χ3n) is 3.71. The molecule has 2 aromatic rings. The summed E-state index contributed by atoms with van der Waals surface area (Å²) in [4.78, 5) is 9.79. The zero-order valence-electron chi connectivity index (χ0n) is 14.3. The van der Waals surface area contributed by atoms with Crippen molar-refractivity contribution in [3.8, 4) is 0 Å².